The minimum Gasteiger partial charge on any atom is -0.353 e. The molecular formula is C58H37N3. The van der Waals surface area contributed by atoms with Crippen molar-refractivity contribution in [1.82, 2.24) is 15.0 Å². The molecule has 1 aliphatic rings. The van der Waals surface area contributed by atoms with Crippen LogP contribution in [0, 0.1) is 0 Å². The normalized spacial score (nSPS) is 11.6. The monoisotopic (exact) mass is 775 g/mol. The lowest BCUT2D eigenvalue weighted by molar-refractivity contribution is 1.25. The molecule has 61 heavy (non-hydrogen) atoms. The first-order valence-corrected chi connectivity index (χ1v) is 20.8. The molecule has 8 bridgehead atoms. The molecule has 3 aromatic heterocycles. The molecule has 1 aliphatic heterocycles. The number of aromatic nitrogens is 3. The Labute approximate surface area is 354 Å². The smallest absolute Gasteiger partial charge is 0.0900 e. The Morgan fingerprint density at radius 3 is 1.03 bits per heavy atom. The predicted octanol–water partition coefficient (Wildman–Crippen LogP) is 15.4. The summed E-state index contributed by atoms with van der Waals surface area (Å²) in [5.74, 6) is 0. The minimum absolute atomic E-state index is 0.813. The molecule has 4 heterocycles. The van der Waals surface area contributed by atoms with Crippen LogP contribution in [0.25, 0.3) is 122 Å². The van der Waals surface area contributed by atoms with Crippen LogP contribution >= 0.6 is 0 Å². The van der Waals surface area contributed by atoms with Crippen LogP contribution in [-0.2, 0) is 0 Å². The molecule has 0 aliphatic carbocycles. The maximum atomic E-state index is 5.58. The summed E-state index contributed by atoms with van der Waals surface area (Å²) in [6.45, 7) is 0. The van der Waals surface area contributed by atoms with Crippen LogP contribution in [0.5, 0.6) is 0 Å². The highest BCUT2D eigenvalue weighted by molar-refractivity contribution is 6.18. The Bertz CT molecular complexity index is 3220. The molecule has 0 atom stereocenters. The fourth-order valence-electron chi connectivity index (χ4n) is 9.06. The number of fused-ring (bicyclic) bond motifs is 11. The third-order valence-electron chi connectivity index (χ3n) is 12.1. The second-order valence-electron chi connectivity index (χ2n) is 15.9. The summed E-state index contributed by atoms with van der Waals surface area (Å²) in [5, 5.41) is 2.31. The summed E-state index contributed by atoms with van der Waals surface area (Å²) < 4.78 is 0. The number of hydrogen-bond acceptors (Lipinski definition) is 2. The first-order chi connectivity index (χ1) is 30.2. The van der Waals surface area contributed by atoms with E-state index < -0.39 is 0 Å². The number of benzene rings is 8. The molecule has 0 radical (unpaired) electrons. The van der Waals surface area contributed by atoms with E-state index >= 15 is 0 Å². The van der Waals surface area contributed by atoms with E-state index in [0.717, 1.165) is 117 Å². The summed E-state index contributed by atoms with van der Waals surface area (Å²) in [5.41, 5.74) is 21.1. The van der Waals surface area contributed by atoms with Gasteiger partial charge in [0.2, 0.25) is 0 Å². The lowest BCUT2D eigenvalue weighted by Crippen LogP contribution is -1.97. The van der Waals surface area contributed by atoms with Crippen molar-refractivity contribution in [3.8, 4) is 101 Å². The van der Waals surface area contributed by atoms with Gasteiger partial charge in [0.05, 0.1) is 33.8 Å². The Balaban J connectivity index is 1.27. The van der Waals surface area contributed by atoms with Gasteiger partial charge in [-0.15, -0.1) is 0 Å². The molecular weight excluding hydrogens is 739 g/mol. The Hall–Kier alpha value is -8.14. The van der Waals surface area contributed by atoms with E-state index in [-0.39, 0.29) is 0 Å². The Kier molecular flexibility index (Phi) is 8.17. The number of H-pyrrole nitrogens is 1. The van der Waals surface area contributed by atoms with Gasteiger partial charge in [0.15, 0.2) is 0 Å². The number of pyridine rings is 2. The van der Waals surface area contributed by atoms with Crippen LogP contribution in [-0.4, -0.2) is 15.0 Å². The zero-order valence-corrected chi connectivity index (χ0v) is 33.2. The highest BCUT2D eigenvalue weighted by atomic mass is 14.8. The Morgan fingerprint density at radius 2 is 0.557 bits per heavy atom. The quantitative estimate of drug-likeness (QED) is 0.189. The lowest BCUT2D eigenvalue weighted by atomic mass is 9.91. The fraction of sp³-hybridized carbons (Fsp3) is 0. The van der Waals surface area contributed by atoms with Gasteiger partial charge in [0.1, 0.15) is 0 Å². The Morgan fingerprint density at radius 1 is 0.230 bits per heavy atom. The van der Waals surface area contributed by atoms with Crippen molar-refractivity contribution >= 4 is 21.8 Å². The van der Waals surface area contributed by atoms with E-state index in [2.05, 4.69) is 223 Å². The highest BCUT2D eigenvalue weighted by Gasteiger charge is 2.22. The summed E-state index contributed by atoms with van der Waals surface area (Å²) in [6, 6.07) is 78.6. The molecule has 1 N–H and O–H groups in total. The number of rotatable bonds is 5. The molecule has 3 heteroatoms. The molecule has 3 nitrogen and oxygen atoms in total. The van der Waals surface area contributed by atoms with Gasteiger partial charge in [0.25, 0.3) is 0 Å². The zero-order valence-electron chi connectivity index (χ0n) is 33.2. The average Bonchev–Trinajstić information content (AvgIpc) is 3.72. The second-order valence-corrected chi connectivity index (χ2v) is 15.9. The maximum Gasteiger partial charge on any atom is 0.0900 e. The van der Waals surface area contributed by atoms with Gasteiger partial charge in [0, 0.05) is 27.5 Å². The predicted molar refractivity (Wildman–Crippen MR) is 254 cm³/mol. The molecule has 284 valence electrons. The topological polar surface area (TPSA) is 41.6 Å². The van der Waals surface area contributed by atoms with E-state index in [1.807, 2.05) is 0 Å². The van der Waals surface area contributed by atoms with Crippen LogP contribution in [0.2, 0.25) is 0 Å². The van der Waals surface area contributed by atoms with Crippen molar-refractivity contribution in [2.24, 2.45) is 0 Å². The van der Waals surface area contributed by atoms with E-state index in [1.54, 1.807) is 0 Å². The molecule has 0 amide bonds. The second kappa shape index (κ2) is 14.3. The summed E-state index contributed by atoms with van der Waals surface area (Å²) in [7, 11) is 0. The minimum atomic E-state index is 0.813. The van der Waals surface area contributed by atoms with Crippen LogP contribution < -0.4 is 0 Å². The largest absolute Gasteiger partial charge is 0.353 e. The van der Waals surface area contributed by atoms with Gasteiger partial charge in [-0.25, -0.2) is 9.97 Å². The fourth-order valence-corrected chi connectivity index (χ4v) is 9.06. The van der Waals surface area contributed by atoms with Crippen molar-refractivity contribution in [3.63, 3.8) is 0 Å². The molecule has 0 saturated carbocycles. The summed E-state index contributed by atoms with van der Waals surface area (Å²) in [6.07, 6.45) is 0. The van der Waals surface area contributed by atoms with Gasteiger partial charge < -0.3 is 4.98 Å². The average molecular weight is 776 g/mol. The van der Waals surface area contributed by atoms with Crippen molar-refractivity contribution in [2.45, 2.75) is 0 Å². The van der Waals surface area contributed by atoms with Crippen LogP contribution in [0.3, 0.4) is 0 Å². The number of nitrogens with one attached hydrogen (secondary N) is 1. The van der Waals surface area contributed by atoms with E-state index in [4.69, 9.17) is 9.97 Å². The van der Waals surface area contributed by atoms with E-state index in [0.29, 0.717) is 0 Å². The molecule has 8 aromatic carbocycles. The van der Waals surface area contributed by atoms with Crippen LogP contribution in [0.4, 0.5) is 0 Å². The van der Waals surface area contributed by atoms with Gasteiger partial charge in [-0.1, -0.05) is 152 Å². The number of aromatic amines is 1. The third kappa shape index (κ3) is 6.23. The molecule has 0 fully saturated rings. The molecule has 11 aromatic rings. The molecule has 12 rings (SSSR count). The zero-order chi connectivity index (χ0) is 40.3. The highest BCUT2D eigenvalue weighted by Crippen LogP contribution is 2.45. The summed E-state index contributed by atoms with van der Waals surface area (Å²) >= 11 is 0. The maximum absolute atomic E-state index is 5.58. The SMILES string of the molecule is c1ccc(-c2cc3cc(c2)-c2cc(-c4ccccc4)cc4c2[nH]c2c(cc(-c5ccccc5)cc24)-c2cc(-c4ccccc4)cc(n2)-c2cc(-c4ccccc4)cc-3n2)cc1. The van der Waals surface area contributed by atoms with Gasteiger partial charge in [-0.05, 0) is 128 Å². The molecule has 0 spiro atoms. The van der Waals surface area contributed by atoms with Crippen LogP contribution in [0.15, 0.2) is 218 Å². The summed E-state index contributed by atoms with van der Waals surface area (Å²) in [4.78, 5) is 15.2. The third-order valence-corrected chi connectivity index (χ3v) is 12.1. The molecule has 0 saturated heterocycles. The number of nitrogens with zero attached hydrogens (tertiary/aromatic N) is 2. The van der Waals surface area contributed by atoms with Crippen molar-refractivity contribution in [1.29, 1.82) is 0 Å². The van der Waals surface area contributed by atoms with Gasteiger partial charge in [-0.2, -0.15) is 0 Å². The van der Waals surface area contributed by atoms with Crippen molar-refractivity contribution in [3.05, 3.63) is 218 Å². The first-order valence-electron chi connectivity index (χ1n) is 20.8. The van der Waals surface area contributed by atoms with Crippen molar-refractivity contribution in [2.75, 3.05) is 0 Å². The van der Waals surface area contributed by atoms with Gasteiger partial charge in [-0.3, -0.25) is 0 Å². The van der Waals surface area contributed by atoms with E-state index in [1.165, 1.54) is 5.56 Å². The molecule has 0 unspecified atom stereocenters. The lowest BCUT2D eigenvalue weighted by Gasteiger charge is -2.16. The van der Waals surface area contributed by atoms with E-state index in [9.17, 15) is 0 Å². The van der Waals surface area contributed by atoms with Crippen LogP contribution in [0.1, 0.15) is 0 Å². The van der Waals surface area contributed by atoms with Gasteiger partial charge >= 0.3 is 0 Å². The van der Waals surface area contributed by atoms with Crippen molar-refractivity contribution < 1.29 is 0 Å². The standard InChI is InChI=1S/C58H37N3/c1-6-16-37(17-7-1)42-26-47-28-48(27-42)53-33-45(40-22-12-4-13-23-40)35-55(59-53)56-36-46(41-24-14-5-15-25-41)34-54(60-56)52-32-44(39-20-10-3-11-21-39)31-51-50-30-43(38-18-8-2-9-19-38)29-49(47)57(50)61-58(51)52/h1-36,61H. The first kappa shape index (κ1) is 34.9. The number of hydrogen-bond donors (Lipinski definition) is 1.